The molecule has 4 rings (SSSR count). The first-order valence-electron chi connectivity index (χ1n) is 8.71. The summed E-state index contributed by atoms with van der Waals surface area (Å²) in [6, 6.07) is 21.2. The Balaban J connectivity index is 1.40. The third kappa shape index (κ3) is 3.98. The van der Waals surface area contributed by atoms with Crippen molar-refractivity contribution in [2.45, 2.75) is 13.5 Å². The predicted octanol–water partition coefficient (Wildman–Crippen LogP) is 4.47. The van der Waals surface area contributed by atoms with E-state index < -0.39 is 0 Å². The molecule has 1 N–H and O–H groups in total. The summed E-state index contributed by atoms with van der Waals surface area (Å²) in [5.41, 5.74) is 4.04. The Morgan fingerprint density at radius 3 is 2.63 bits per heavy atom. The van der Waals surface area contributed by atoms with Crippen molar-refractivity contribution in [3.8, 4) is 5.75 Å². The summed E-state index contributed by atoms with van der Waals surface area (Å²) >= 11 is 0. The van der Waals surface area contributed by atoms with Crippen molar-refractivity contribution in [3.63, 3.8) is 0 Å². The smallest absolute Gasteiger partial charge is 0.275 e. The van der Waals surface area contributed by atoms with Crippen LogP contribution in [0.25, 0.3) is 5.65 Å². The Bertz CT molecular complexity index is 1070. The number of anilines is 1. The molecule has 0 radical (unpaired) electrons. The van der Waals surface area contributed by atoms with Crippen molar-refractivity contribution >= 4 is 17.2 Å². The maximum atomic E-state index is 12.4. The molecule has 2 aromatic heterocycles. The van der Waals surface area contributed by atoms with Crippen LogP contribution in [0, 0.1) is 6.92 Å². The van der Waals surface area contributed by atoms with Gasteiger partial charge < -0.3 is 14.5 Å². The number of amides is 1. The van der Waals surface area contributed by atoms with Crippen LogP contribution in [0.1, 0.15) is 21.6 Å². The number of ether oxygens (including phenoxy) is 1. The van der Waals surface area contributed by atoms with Crippen LogP contribution in [0.3, 0.4) is 0 Å². The maximum Gasteiger partial charge on any atom is 0.275 e. The van der Waals surface area contributed by atoms with Crippen LogP contribution in [-0.4, -0.2) is 15.3 Å². The second-order valence-corrected chi connectivity index (χ2v) is 6.35. The fourth-order valence-corrected chi connectivity index (χ4v) is 2.76. The number of hydrogen-bond donors (Lipinski definition) is 1. The first-order valence-corrected chi connectivity index (χ1v) is 8.71. The highest BCUT2D eigenvalue weighted by atomic mass is 16.5. The molecule has 0 saturated heterocycles. The molecule has 0 spiro atoms. The third-order valence-corrected chi connectivity index (χ3v) is 4.21. The van der Waals surface area contributed by atoms with Gasteiger partial charge in [-0.1, -0.05) is 30.3 Å². The van der Waals surface area contributed by atoms with Gasteiger partial charge in [-0.25, -0.2) is 4.98 Å². The molecule has 27 heavy (non-hydrogen) atoms. The Labute approximate surface area is 157 Å². The van der Waals surface area contributed by atoms with E-state index in [1.165, 1.54) is 0 Å². The minimum absolute atomic E-state index is 0.241. The lowest BCUT2D eigenvalue weighted by atomic mass is 10.2. The van der Waals surface area contributed by atoms with E-state index >= 15 is 0 Å². The number of pyridine rings is 1. The Morgan fingerprint density at radius 2 is 1.85 bits per heavy atom. The van der Waals surface area contributed by atoms with Crippen molar-refractivity contribution in [1.29, 1.82) is 0 Å². The quantitative estimate of drug-likeness (QED) is 0.573. The first kappa shape index (κ1) is 16.8. The molecular formula is C22H19N3O2. The zero-order chi connectivity index (χ0) is 18.6. The summed E-state index contributed by atoms with van der Waals surface area (Å²) in [6.45, 7) is 2.50. The molecule has 0 fully saturated rings. The molecule has 0 aliphatic rings. The van der Waals surface area contributed by atoms with Gasteiger partial charge in [0.1, 0.15) is 23.7 Å². The van der Waals surface area contributed by atoms with Gasteiger partial charge in [0.05, 0.1) is 0 Å². The van der Waals surface area contributed by atoms with Crippen LogP contribution < -0.4 is 10.1 Å². The molecule has 0 atom stereocenters. The molecule has 1 amide bonds. The van der Waals surface area contributed by atoms with Crippen LogP contribution >= 0.6 is 0 Å². The van der Waals surface area contributed by atoms with Gasteiger partial charge in [-0.2, -0.15) is 0 Å². The molecule has 5 nitrogen and oxygen atoms in total. The van der Waals surface area contributed by atoms with Crippen molar-refractivity contribution in [2.75, 3.05) is 5.32 Å². The number of benzene rings is 2. The van der Waals surface area contributed by atoms with E-state index in [-0.39, 0.29) is 5.91 Å². The lowest BCUT2D eigenvalue weighted by molar-refractivity contribution is 0.102. The first-order chi connectivity index (χ1) is 13.2. The standard InChI is InChI=1S/C22H19N3O2/c1-16-11-12-25-14-20(24-21(25)13-16)22(26)23-18-7-9-19(10-8-18)27-15-17-5-3-2-4-6-17/h2-14H,15H2,1H3,(H,23,26). The molecule has 2 heterocycles. The highest BCUT2D eigenvalue weighted by Gasteiger charge is 2.11. The van der Waals surface area contributed by atoms with Crippen LogP contribution in [0.2, 0.25) is 0 Å². The summed E-state index contributed by atoms with van der Waals surface area (Å²) in [4.78, 5) is 16.8. The van der Waals surface area contributed by atoms with Gasteiger partial charge in [-0.15, -0.1) is 0 Å². The van der Waals surface area contributed by atoms with E-state index in [1.54, 1.807) is 6.20 Å². The topological polar surface area (TPSA) is 55.6 Å². The molecule has 0 saturated carbocycles. The fourth-order valence-electron chi connectivity index (χ4n) is 2.76. The molecule has 4 aromatic rings. The van der Waals surface area contributed by atoms with E-state index in [1.807, 2.05) is 84.3 Å². The largest absolute Gasteiger partial charge is 0.489 e. The summed E-state index contributed by atoms with van der Waals surface area (Å²) < 4.78 is 7.60. The van der Waals surface area contributed by atoms with Gasteiger partial charge in [-0.3, -0.25) is 4.79 Å². The van der Waals surface area contributed by atoms with E-state index in [4.69, 9.17) is 4.74 Å². The van der Waals surface area contributed by atoms with E-state index in [9.17, 15) is 4.79 Å². The summed E-state index contributed by atoms with van der Waals surface area (Å²) in [6.07, 6.45) is 3.62. The van der Waals surface area contributed by atoms with Gasteiger partial charge in [0.15, 0.2) is 0 Å². The lowest BCUT2D eigenvalue weighted by Gasteiger charge is -2.08. The van der Waals surface area contributed by atoms with Gasteiger partial charge in [0.25, 0.3) is 5.91 Å². The molecule has 5 heteroatoms. The predicted molar refractivity (Wildman–Crippen MR) is 105 cm³/mol. The average molecular weight is 357 g/mol. The minimum atomic E-state index is -0.241. The molecule has 0 bridgehead atoms. The number of fused-ring (bicyclic) bond motifs is 1. The number of rotatable bonds is 5. The molecular weight excluding hydrogens is 338 g/mol. The highest BCUT2D eigenvalue weighted by Crippen LogP contribution is 2.18. The number of carbonyl (C=O) groups excluding carboxylic acids is 1. The zero-order valence-electron chi connectivity index (χ0n) is 14.9. The molecule has 0 aliphatic carbocycles. The maximum absolute atomic E-state index is 12.4. The van der Waals surface area contributed by atoms with E-state index in [2.05, 4.69) is 10.3 Å². The number of carbonyl (C=O) groups is 1. The van der Waals surface area contributed by atoms with Crippen molar-refractivity contribution < 1.29 is 9.53 Å². The Kier molecular flexibility index (Phi) is 4.58. The third-order valence-electron chi connectivity index (χ3n) is 4.21. The Morgan fingerprint density at radius 1 is 1.07 bits per heavy atom. The van der Waals surface area contributed by atoms with E-state index in [0.29, 0.717) is 18.0 Å². The molecule has 0 unspecified atom stereocenters. The van der Waals surface area contributed by atoms with Crippen molar-refractivity contribution in [2.24, 2.45) is 0 Å². The lowest BCUT2D eigenvalue weighted by Crippen LogP contribution is -2.12. The van der Waals surface area contributed by atoms with E-state index in [0.717, 1.165) is 22.5 Å². The zero-order valence-corrected chi connectivity index (χ0v) is 14.9. The Hall–Kier alpha value is -3.60. The summed E-state index contributed by atoms with van der Waals surface area (Å²) in [7, 11) is 0. The van der Waals surface area contributed by atoms with Crippen molar-refractivity contribution in [3.05, 3.63) is 95.9 Å². The van der Waals surface area contributed by atoms with Crippen LogP contribution in [0.5, 0.6) is 5.75 Å². The SMILES string of the molecule is Cc1ccn2cc(C(=O)Nc3ccc(OCc4ccccc4)cc3)nc2c1. The average Bonchev–Trinajstić information content (AvgIpc) is 3.11. The minimum Gasteiger partial charge on any atom is -0.489 e. The van der Waals surface area contributed by atoms with Gasteiger partial charge in [0.2, 0.25) is 0 Å². The van der Waals surface area contributed by atoms with Crippen LogP contribution in [0.4, 0.5) is 5.69 Å². The number of hydrogen-bond acceptors (Lipinski definition) is 3. The second kappa shape index (κ2) is 7.33. The second-order valence-electron chi connectivity index (χ2n) is 6.35. The number of aromatic nitrogens is 2. The summed E-state index contributed by atoms with van der Waals surface area (Å²) in [5, 5.41) is 2.86. The highest BCUT2D eigenvalue weighted by molar-refractivity contribution is 6.03. The van der Waals surface area contributed by atoms with Gasteiger partial charge in [-0.05, 0) is 54.4 Å². The van der Waals surface area contributed by atoms with Crippen molar-refractivity contribution in [1.82, 2.24) is 9.38 Å². The van der Waals surface area contributed by atoms with Crippen LogP contribution in [-0.2, 0) is 6.61 Å². The number of aryl methyl sites for hydroxylation is 1. The van der Waals surface area contributed by atoms with Gasteiger partial charge >= 0.3 is 0 Å². The molecule has 134 valence electrons. The normalized spacial score (nSPS) is 10.7. The fraction of sp³-hybridized carbons (Fsp3) is 0.0909. The number of imidazole rings is 1. The number of nitrogens with one attached hydrogen (secondary N) is 1. The monoisotopic (exact) mass is 357 g/mol. The molecule has 2 aromatic carbocycles. The summed E-state index contributed by atoms with van der Waals surface area (Å²) in [5.74, 6) is 0.509. The molecule has 0 aliphatic heterocycles. The number of nitrogens with zero attached hydrogens (tertiary/aromatic N) is 2. The van der Waals surface area contributed by atoms with Gasteiger partial charge in [0, 0.05) is 18.1 Å². The van der Waals surface area contributed by atoms with Crippen LogP contribution in [0.15, 0.2) is 79.1 Å².